The Morgan fingerprint density at radius 1 is 1.14 bits per heavy atom. The van der Waals surface area contributed by atoms with Crippen LogP contribution < -0.4 is 21.5 Å². The maximum Gasteiger partial charge on any atom is 0.212 e. The molecule has 0 aliphatic carbocycles. The van der Waals surface area contributed by atoms with E-state index in [1.165, 1.54) is 19.2 Å². The van der Waals surface area contributed by atoms with Crippen molar-refractivity contribution in [3.05, 3.63) is 64.7 Å². The number of halogens is 1. The number of fused-ring (bicyclic) bond motifs is 1. The van der Waals surface area contributed by atoms with E-state index in [2.05, 4.69) is 28.3 Å². The molecule has 0 spiro atoms. The molecule has 1 aliphatic rings. The van der Waals surface area contributed by atoms with E-state index in [4.69, 9.17) is 16.2 Å². The van der Waals surface area contributed by atoms with E-state index in [0.717, 1.165) is 28.0 Å². The quantitative estimate of drug-likeness (QED) is 0.634. The predicted octanol–water partition coefficient (Wildman–Crippen LogP) is 2.64. The second-order valence-corrected chi connectivity index (χ2v) is 7.23. The molecule has 1 aliphatic heterocycles. The molecule has 3 aromatic rings. The third kappa shape index (κ3) is 3.11. The van der Waals surface area contributed by atoms with E-state index in [9.17, 15) is 4.39 Å². The topological polar surface area (TPSA) is 103 Å². The van der Waals surface area contributed by atoms with Gasteiger partial charge in [0, 0.05) is 11.6 Å². The molecule has 7 nitrogen and oxygen atoms in total. The van der Waals surface area contributed by atoms with E-state index in [-0.39, 0.29) is 11.6 Å². The van der Waals surface area contributed by atoms with Gasteiger partial charge in [-0.3, -0.25) is 10.3 Å². The fraction of sp³-hybridized carbons (Fsp3) is 0.238. The predicted molar refractivity (Wildman–Crippen MR) is 112 cm³/mol. The number of methoxy groups -OCH3 is 1. The van der Waals surface area contributed by atoms with Crippen molar-refractivity contribution in [2.75, 3.05) is 7.11 Å². The minimum atomic E-state index is -1.44. The van der Waals surface area contributed by atoms with Gasteiger partial charge < -0.3 is 15.8 Å². The van der Waals surface area contributed by atoms with Crippen LogP contribution in [0.15, 0.2) is 41.4 Å². The molecule has 0 saturated carbocycles. The molecule has 4 rings (SSSR count). The molecule has 2 heterocycles. The monoisotopic (exact) mass is 394 g/mol. The average Bonchev–Trinajstić information content (AvgIpc) is 2.96. The Morgan fingerprint density at radius 3 is 2.55 bits per heavy atom. The molecule has 1 atom stereocenters. The highest BCUT2D eigenvalue weighted by Gasteiger charge is 2.32. The number of hydrogen-bond donors (Lipinski definition) is 3. The van der Waals surface area contributed by atoms with Crippen molar-refractivity contribution in [3.8, 4) is 5.75 Å². The molecule has 8 heteroatoms. The number of benzene rings is 2. The summed E-state index contributed by atoms with van der Waals surface area (Å²) in [4.78, 5) is 8.98. The minimum Gasteiger partial charge on any atom is -0.494 e. The standard InChI is InChI=1S/C21H23FN6O/c1-11-7-16-17(8-12(11)2)28(13(3)25-16)20-10-19(23)26-21(24,27-20)14-5-6-18(29-4)15(22)9-14/h5-10,27H,24H2,1-4H3,(H2,23,26). The molecular formula is C21H23FN6O. The number of rotatable bonds is 3. The summed E-state index contributed by atoms with van der Waals surface area (Å²) in [6.45, 7) is 6.00. The third-order valence-corrected chi connectivity index (χ3v) is 5.18. The number of aliphatic imine (C=N–C) groups is 1. The smallest absolute Gasteiger partial charge is 0.212 e. The number of ether oxygens (including phenoxy) is 1. The van der Waals surface area contributed by atoms with Crippen LogP contribution in [-0.2, 0) is 5.79 Å². The van der Waals surface area contributed by atoms with E-state index in [0.29, 0.717) is 11.4 Å². The van der Waals surface area contributed by atoms with Crippen molar-refractivity contribution in [1.82, 2.24) is 14.9 Å². The summed E-state index contributed by atoms with van der Waals surface area (Å²) >= 11 is 0. The van der Waals surface area contributed by atoms with E-state index in [1.54, 1.807) is 12.1 Å². The fourth-order valence-electron chi connectivity index (χ4n) is 3.55. The van der Waals surface area contributed by atoms with Crippen molar-refractivity contribution < 1.29 is 9.13 Å². The summed E-state index contributed by atoms with van der Waals surface area (Å²) in [7, 11) is 1.41. The number of imidazole rings is 1. The second-order valence-electron chi connectivity index (χ2n) is 7.23. The Kier molecular flexibility index (Phi) is 4.31. The molecule has 0 fully saturated rings. The highest BCUT2D eigenvalue weighted by molar-refractivity contribution is 5.98. The van der Waals surface area contributed by atoms with Crippen molar-refractivity contribution in [3.63, 3.8) is 0 Å². The van der Waals surface area contributed by atoms with Gasteiger partial charge in [-0.2, -0.15) is 0 Å². The van der Waals surface area contributed by atoms with Crippen molar-refractivity contribution in [2.24, 2.45) is 16.5 Å². The van der Waals surface area contributed by atoms with E-state index < -0.39 is 11.6 Å². The lowest BCUT2D eigenvalue weighted by molar-refractivity contribution is 0.378. The summed E-state index contributed by atoms with van der Waals surface area (Å²) in [5.41, 5.74) is 17.1. The first-order chi connectivity index (χ1) is 13.7. The van der Waals surface area contributed by atoms with Gasteiger partial charge in [0.15, 0.2) is 11.6 Å². The number of nitrogens with two attached hydrogens (primary N) is 2. The Balaban J connectivity index is 1.82. The van der Waals surface area contributed by atoms with Gasteiger partial charge in [0.2, 0.25) is 5.79 Å². The first-order valence-electron chi connectivity index (χ1n) is 9.16. The van der Waals surface area contributed by atoms with Crippen LogP contribution >= 0.6 is 0 Å². The lowest BCUT2D eigenvalue weighted by atomic mass is 10.1. The Labute approximate surface area is 167 Å². The molecular weight excluding hydrogens is 371 g/mol. The minimum absolute atomic E-state index is 0.128. The summed E-state index contributed by atoms with van der Waals surface area (Å²) in [5, 5.41) is 3.20. The maximum atomic E-state index is 14.3. The first-order valence-corrected chi connectivity index (χ1v) is 9.16. The molecule has 5 N–H and O–H groups in total. The zero-order chi connectivity index (χ0) is 20.9. The van der Waals surface area contributed by atoms with Crippen LogP contribution in [0.2, 0.25) is 0 Å². The number of hydrogen-bond acceptors (Lipinski definition) is 6. The molecule has 2 aromatic carbocycles. The number of aryl methyl sites for hydroxylation is 3. The van der Waals surface area contributed by atoms with Crippen LogP contribution in [0.1, 0.15) is 22.5 Å². The maximum absolute atomic E-state index is 14.3. The van der Waals surface area contributed by atoms with Crippen LogP contribution in [-0.4, -0.2) is 22.5 Å². The summed E-state index contributed by atoms with van der Waals surface area (Å²) in [6.07, 6.45) is 1.69. The number of nitrogens with one attached hydrogen (secondary N) is 1. The van der Waals surface area contributed by atoms with Crippen molar-refractivity contribution in [1.29, 1.82) is 0 Å². The lowest BCUT2D eigenvalue weighted by Gasteiger charge is -2.33. The van der Waals surface area contributed by atoms with Gasteiger partial charge >= 0.3 is 0 Å². The molecule has 29 heavy (non-hydrogen) atoms. The molecule has 1 aromatic heterocycles. The molecule has 150 valence electrons. The van der Waals surface area contributed by atoms with Gasteiger partial charge in [-0.15, -0.1) is 0 Å². The first kappa shape index (κ1) is 18.9. The summed E-state index contributed by atoms with van der Waals surface area (Å²) in [5.74, 6) is -0.242. The Bertz CT molecular complexity index is 1200. The zero-order valence-electron chi connectivity index (χ0n) is 16.7. The molecule has 0 bridgehead atoms. The molecule has 0 amide bonds. The molecule has 0 saturated heterocycles. The van der Waals surface area contributed by atoms with Gasteiger partial charge in [0.1, 0.15) is 17.5 Å². The summed E-state index contributed by atoms with van der Waals surface area (Å²) in [6, 6.07) is 8.57. The van der Waals surface area contributed by atoms with Gasteiger partial charge in [-0.05, 0) is 62.2 Å². The lowest BCUT2D eigenvalue weighted by Crippen LogP contribution is -2.52. The molecule has 1 unspecified atom stereocenters. The highest BCUT2D eigenvalue weighted by Crippen LogP contribution is 2.29. The fourth-order valence-corrected chi connectivity index (χ4v) is 3.55. The van der Waals surface area contributed by atoms with Crippen LogP contribution in [0.25, 0.3) is 16.9 Å². The van der Waals surface area contributed by atoms with Gasteiger partial charge in [0.05, 0.1) is 18.1 Å². The number of amidine groups is 1. The van der Waals surface area contributed by atoms with Crippen molar-refractivity contribution >= 4 is 22.7 Å². The highest BCUT2D eigenvalue weighted by atomic mass is 19.1. The SMILES string of the molecule is COc1ccc(C2(N)N=C(N)C=C(n3c(C)nc4cc(C)c(C)cc43)N2)cc1F. The number of nitrogens with zero attached hydrogens (tertiary/aromatic N) is 3. The number of aromatic nitrogens is 2. The van der Waals surface area contributed by atoms with Crippen LogP contribution in [0.3, 0.4) is 0 Å². The van der Waals surface area contributed by atoms with Crippen LogP contribution in [0.4, 0.5) is 4.39 Å². The average molecular weight is 394 g/mol. The van der Waals surface area contributed by atoms with Crippen LogP contribution in [0, 0.1) is 26.6 Å². The second kappa shape index (κ2) is 6.59. The van der Waals surface area contributed by atoms with E-state index in [1.807, 2.05) is 24.5 Å². The van der Waals surface area contributed by atoms with Crippen molar-refractivity contribution in [2.45, 2.75) is 26.6 Å². The van der Waals surface area contributed by atoms with Gasteiger partial charge in [-0.25, -0.2) is 14.4 Å². The zero-order valence-corrected chi connectivity index (χ0v) is 16.7. The third-order valence-electron chi connectivity index (χ3n) is 5.18. The van der Waals surface area contributed by atoms with Crippen LogP contribution in [0.5, 0.6) is 5.75 Å². The van der Waals surface area contributed by atoms with Gasteiger partial charge in [0.25, 0.3) is 0 Å². The normalized spacial score (nSPS) is 19.0. The Hall–Kier alpha value is -3.39. The van der Waals surface area contributed by atoms with E-state index >= 15 is 0 Å². The Morgan fingerprint density at radius 2 is 1.86 bits per heavy atom. The molecule has 0 radical (unpaired) electrons. The summed E-state index contributed by atoms with van der Waals surface area (Å²) < 4.78 is 21.2. The van der Waals surface area contributed by atoms with Gasteiger partial charge in [-0.1, -0.05) is 0 Å². The largest absolute Gasteiger partial charge is 0.494 e.